The number of hydrogen-bond donors (Lipinski definition) is 2. The predicted octanol–water partition coefficient (Wildman–Crippen LogP) is -0.430. The molecule has 0 saturated heterocycles. The van der Waals surface area contributed by atoms with Crippen LogP contribution in [0.4, 0.5) is 0 Å². The fourth-order valence-corrected chi connectivity index (χ4v) is 5.66. The molecule has 0 radical (unpaired) electrons. The van der Waals surface area contributed by atoms with Crippen LogP contribution in [0.25, 0.3) is 0 Å². The smallest absolute Gasteiger partial charge is 0.226 e. The van der Waals surface area contributed by atoms with Crippen LogP contribution in [-0.4, -0.2) is 40.3 Å². The maximum atomic E-state index is 11.7. The van der Waals surface area contributed by atoms with E-state index in [9.17, 15) is 16.8 Å². The summed E-state index contributed by atoms with van der Waals surface area (Å²) in [6, 6.07) is 0. The standard InChI is InChI=1S/C9H20N2O4S2/c1-16(12,13)8-17(14,15)11-9(7-10)5-3-2-4-6-9/h11H,2-8,10H2,1H3. The molecule has 0 spiro atoms. The van der Waals surface area contributed by atoms with Crippen molar-refractivity contribution in [3.8, 4) is 0 Å². The lowest BCUT2D eigenvalue weighted by atomic mass is 9.83. The van der Waals surface area contributed by atoms with E-state index in [1.54, 1.807) is 0 Å². The number of nitrogens with two attached hydrogens (primary N) is 1. The summed E-state index contributed by atoms with van der Waals surface area (Å²) in [7, 11) is -7.39. The van der Waals surface area contributed by atoms with Crippen molar-refractivity contribution >= 4 is 19.9 Å². The topological polar surface area (TPSA) is 106 Å². The molecule has 0 unspecified atom stereocenters. The van der Waals surface area contributed by atoms with E-state index in [-0.39, 0.29) is 6.54 Å². The fraction of sp³-hybridized carbons (Fsp3) is 1.00. The maximum absolute atomic E-state index is 11.7. The lowest BCUT2D eigenvalue weighted by molar-refractivity contribution is 0.277. The van der Waals surface area contributed by atoms with E-state index in [0.29, 0.717) is 12.8 Å². The van der Waals surface area contributed by atoms with Crippen LogP contribution < -0.4 is 10.5 Å². The zero-order valence-corrected chi connectivity index (χ0v) is 11.6. The second-order valence-electron chi connectivity index (χ2n) is 4.81. The zero-order valence-electron chi connectivity index (χ0n) is 9.98. The van der Waals surface area contributed by atoms with Crippen molar-refractivity contribution < 1.29 is 16.8 Å². The van der Waals surface area contributed by atoms with Crippen LogP contribution in [0, 0.1) is 0 Å². The molecule has 0 aromatic carbocycles. The van der Waals surface area contributed by atoms with E-state index >= 15 is 0 Å². The van der Waals surface area contributed by atoms with Gasteiger partial charge >= 0.3 is 0 Å². The molecule has 1 aliphatic rings. The molecule has 8 heteroatoms. The average Bonchev–Trinajstić information content (AvgIpc) is 2.14. The van der Waals surface area contributed by atoms with Gasteiger partial charge in [0, 0.05) is 18.3 Å². The summed E-state index contributed by atoms with van der Waals surface area (Å²) < 4.78 is 48.0. The van der Waals surface area contributed by atoms with Gasteiger partial charge in [0.1, 0.15) is 0 Å². The molecule has 1 rings (SSSR count). The van der Waals surface area contributed by atoms with E-state index in [2.05, 4.69) is 4.72 Å². The average molecular weight is 284 g/mol. The maximum Gasteiger partial charge on any atom is 0.226 e. The zero-order chi connectivity index (χ0) is 13.2. The second-order valence-corrected chi connectivity index (χ2v) is 9.03. The van der Waals surface area contributed by atoms with Crippen molar-refractivity contribution in [1.29, 1.82) is 0 Å². The summed E-state index contributed by atoms with van der Waals surface area (Å²) in [6.07, 6.45) is 5.15. The summed E-state index contributed by atoms with van der Waals surface area (Å²) in [5, 5.41) is -0.873. The predicted molar refractivity (Wildman–Crippen MR) is 66.6 cm³/mol. The lowest BCUT2D eigenvalue weighted by Crippen LogP contribution is -2.55. The Kier molecular flexibility index (Phi) is 4.56. The summed E-state index contributed by atoms with van der Waals surface area (Å²) in [5.74, 6) is 0. The summed E-state index contributed by atoms with van der Waals surface area (Å²) in [5.41, 5.74) is 4.98. The fourth-order valence-electron chi connectivity index (χ4n) is 2.22. The molecule has 0 atom stereocenters. The molecule has 3 N–H and O–H groups in total. The normalized spacial score (nSPS) is 21.3. The van der Waals surface area contributed by atoms with E-state index in [0.717, 1.165) is 25.5 Å². The molecule has 102 valence electrons. The molecular weight excluding hydrogens is 264 g/mol. The SMILES string of the molecule is CS(=O)(=O)CS(=O)(=O)NC1(CN)CCCCC1. The number of sulfonamides is 1. The highest BCUT2D eigenvalue weighted by Gasteiger charge is 2.35. The van der Waals surface area contributed by atoms with Crippen LogP contribution in [-0.2, 0) is 19.9 Å². The molecule has 0 amide bonds. The van der Waals surface area contributed by atoms with Gasteiger partial charge in [0.25, 0.3) is 0 Å². The minimum atomic E-state index is -3.83. The minimum absolute atomic E-state index is 0.204. The third kappa shape index (κ3) is 4.90. The Morgan fingerprint density at radius 3 is 2.06 bits per heavy atom. The molecule has 0 aromatic rings. The van der Waals surface area contributed by atoms with Crippen molar-refractivity contribution in [1.82, 2.24) is 4.72 Å². The molecule has 6 nitrogen and oxygen atoms in total. The Hall–Kier alpha value is -0.180. The van der Waals surface area contributed by atoms with Crippen molar-refractivity contribution in [3.05, 3.63) is 0 Å². The van der Waals surface area contributed by atoms with Gasteiger partial charge in [-0.1, -0.05) is 19.3 Å². The van der Waals surface area contributed by atoms with Crippen LogP contribution in [0.2, 0.25) is 0 Å². The Balaban J connectivity index is 2.80. The first-order valence-corrected chi connectivity index (χ1v) is 9.29. The van der Waals surface area contributed by atoms with Gasteiger partial charge in [-0.3, -0.25) is 0 Å². The van der Waals surface area contributed by atoms with Crippen molar-refractivity contribution in [2.24, 2.45) is 5.73 Å². The minimum Gasteiger partial charge on any atom is -0.329 e. The molecule has 0 heterocycles. The third-order valence-corrected chi connectivity index (χ3v) is 6.64. The highest BCUT2D eigenvalue weighted by Crippen LogP contribution is 2.28. The Morgan fingerprint density at radius 2 is 1.65 bits per heavy atom. The number of rotatable bonds is 5. The van der Waals surface area contributed by atoms with Crippen molar-refractivity contribution in [2.45, 2.75) is 37.6 Å². The van der Waals surface area contributed by atoms with Crippen molar-refractivity contribution in [2.75, 3.05) is 17.9 Å². The Bertz CT molecular complexity index is 449. The third-order valence-electron chi connectivity index (χ3n) is 2.94. The van der Waals surface area contributed by atoms with E-state index in [1.807, 2.05) is 0 Å². The highest BCUT2D eigenvalue weighted by atomic mass is 32.3. The van der Waals surface area contributed by atoms with Gasteiger partial charge in [-0.2, -0.15) is 0 Å². The second kappa shape index (κ2) is 5.21. The van der Waals surface area contributed by atoms with E-state index in [1.165, 1.54) is 0 Å². The van der Waals surface area contributed by atoms with E-state index in [4.69, 9.17) is 5.73 Å². The van der Waals surface area contributed by atoms with Gasteiger partial charge in [0.2, 0.25) is 10.0 Å². The molecule has 1 fully saturated rings. The van der Waals surface area contributed by atoms with Gasteiger partial charge in [-0.15, -0.1) is 0 Å². The van der Waals surface area contributed by atoms with Gasteiger partial charge < -0.3 is 5.73 Å². The van der Waals surface area contributed by atoms with E-state index < -0.39 is 30.5 Å². The first kappa shape index (κ1) is 14.9. The van der Waals surface area contributed by atoms with Gasteiger partial charge in [0.05, 0.1) is 0 Å². The molecule has 1 saturated carbocycles. The van der Waals surface area contributed by atoms with Crippen LogP contribution >= 0.6 is 0 Å². The molecule has 0 aliphatic heterocycles. The molecule has 0 aromatic heterocycles. The summed E-state index contributed by atoms with van der Waals surface area (Å²) in [6.45, 7) is 0.204. The van der Waals surface area contributed by atoms with Crippen LogP contribution in [0.3, 0.4) is 0 Å². The molecule has 1 aliphatic carbocycles. The highest BCUT2D eigenvalue weighted by molar-refractivity contribution is 8.06. The summed E-state index contributed by atoms with van der Waals surface area (Å²) in [4.78, 5) is 0. The number of hydrogen-bond acceptors (Lipinski definition) is 5. The Labute approximate surface area is 103 Å². The monoisotopic (exact) mass is 284 g/mol. The van der Waals surface area contributed by atoms with Gasteiger partial charge in [0.15, 0.2) is 14.9 Å². The van der Waals surface area contributed by atoms with Crippen LogP contribution in [0.15, 0.2) is 0 Å². The van der Waals surface area contributed by atoms with Crippen molar-refractivity contribution in [3.63, 3.8) is 0 Å². The molecular formula is C9H20N2O4S2. The van der Waals surface area contributed by atoms with Crippen LogP contribution in [0.5, 0.6) is 0 Å². The molecule has 0 bridgehead atoms. The Morgan fingerprint density at radius 1 is 1.12 bits per heavy atom. The van der Waals surface area contributed by atoms with Gasteiger partial charge in [-0.25, -0.2) is 21.6 Å². The lowest BCUT2D eigenvalue weighted by Gasteiger charge is -2.36. The first-order valence-electron chi connectivity index (χ1n) is 5.58. The van der Waals surface area contributed by atoms with Gasteiger partial charge in [-0.05, 0) is 12.8 Å². The number of sulfone groups is 1. The largest absolute Gasteiger partial charge is 0.329 e. The number of nitrogens with one attached hydrogen (secondary N) is 1. The summed E-state index contributed by atoms with van der Waals surface area (Å²) >= 11 is 0. The van der Waals surface area contributed by atoms with Crippen LogP contribution in [0.1, 0.15) is 32.1 Å². The first-order chi connectivity index (χ1) is 7.68. The quantitative estimate of drug-likeness (QED) is 0.712. The molecule has 17 heavy (non-hydrogen) atoms.